The van der Waals surface area contributed by atoms with Crippen LogP contribution in [-0.2, 0) is 52.7 Å². The number of allylic oxidation sites excluding steroid dienone is 2. The largest absolute Gasteiger partial charge is 0.390 e. The number of aliphatic hydroxyl groups excluding tert-OH is 1. The Hall–Kier alpha value is -6.13. The Balaban J connectivity index is 4.31. The van der Waals surface area contributed by atoms with E-state index in [-0.39, 0.29) is 49.4 Å². The molecule has 1 heterocycles. The van der Waals surface area contributed by atoms with Crippen molar-refractivity contribution in [3.05, 3.63) is 12.2 Å². The molecule has 6 N–H and O–H groups in total. The second kappa shape index (κ2) is 34.9. The Morgan fingerprint density at radius 2 is 0.800 bits per heavy atom. The predicted molar refractivity (Wildman–Crippen MR) is 328 cm³/mol. The Labute approximate surface area is 508 Å². The van der Waals surface area contributed by atoms with Crippen LogP contribution in [0.1, 0.15) is 157 Å². The van der Waals surface area contributed by atoms with Crippen molar-refractivity contribution in [1.82, 2.24) is 56.0 Å². The summed E-state index contributed by atoms with van der Waals surface area (Å²) >= 11 is 0. The number of nitrogens with zero attached hydrogens (tertiary/aromatic N) is 6. The van der Waals surface area contributed by atoms with Crippen molar-refractivity contribution in [1.29, 1.82) is 0 Å². The Morgan fingerprint density at radius 3 is 1.25 bits per heavy atom. The van der Waals surface area contributed by atoms with Crippen LogP contribution in [0.25, 0.3) is 0 Å². The number of rotatable bonds is 15. The summed E-state index contributed by atoms with van der Waals surface area (Å²) in [5.41, 5.74) is 0. The van der Waals surface area contributed by atoms with Gasteiger partial charge in [-0.15, -0.1) is 0 Å². The Morgan fingerprint density at radius 1 is 0.424 bits per heavy atom. The molecular weight excluding hydrogens is 1090 g/mol. The van der Waals surface area contributed by atoms with Gasteiger partial charge < -0.3 is 61.1 Å². The molecule has 11 amide bonds. The highest BCUT2D eigenvalue weighted by atomic mass is 16.3. The van der Waals surface area contributed by atoms with Crippen LogP contribution in [0.2, 0.25) is 0 Å². The van der Waals surface area contributed by atoms with Crippen molar-refractivity contribution in [2.45, 2.75) is 223 Å². The summed E-state index contributed by atoms with van der Waals surface area (Å²) in [5, 5.41) is 25.7. The van der Waals surface area contributed by atoms with E-state index < -0.39 is 162 Å². The molecule has 23 nitrogen and oxygen atoms in total. The highest BCUT2D eigenvalue weighted by molar-refractivity contribution is 5.99. The summed E-state index contributed by atoms with van der Waals surface area (Å²) in [4.78, 5) is 167. The maximum atomic E-state index is 15.0. The van der Waals surface area contributed by atoms with E-state index in [9.17, 15) is 53.1 Å². The van der Waals surface area contributed by atoms with E-state index in [1.165, 1.54) is 80.6 Å². The predicted octanol–water partition coefficient (Wildman–Crippen LogP) is 3.17. The van der Waals surface area contributed by atoms with Crippen LogP contribution in [0.15, 0.2) is 12.2 Å². The number of likely N-dealkylation sites (N-methyl/N-ethyl adjacent to an activating group) is 6. The first-order valence-electron chi connectivity index (χ1n) is 30.5. The Bertz CT molecular complexity index is 2320. The number of hydrogen-bond donors (Lipinski definition) is 6. The molecule has 0 aromatic carbocycles. The molecule has 1 aliphatic rings. The van der Waals surface area contributed by atoms with Gasteiger partial charge in [0.15, 0.2) is 0 Å². The van der Waals surface area contributed by atoms with E-state index in [1.807, 2.05) is 55.4 Å². The van der Waals surface area contributed by atoms with Gasteiger partial charge in [-0.3, -0.25) is 52.7 Å². The number of carbonyl (C=O) groups is 11. The lowest BCUT2D eigenvalue weighted by molar-refractivity contribution is -0.154. The van der Waals surface area contributed by atoms with Crippen LogP contribution in [-0.4, -0.2) is 215 Å². The summed E-state index contributed by atoms with van der Waals surface area (Å²) in [6, 6.07) is -12.5. The van der Waals surface area contributed by atoms with Crippen molar-refractivity contribution in [2.75, 3.05) is 48.8 Å². The van der Waals surface area contributed by atoms with Gasteiger partial charge >= 0.3 is 0 Å². The fraction of sp³-hybridized carbons (Fsp3) is 0.790. The number of carbonyl (C=O) groups excluding carboxylic acids is 11. The summed E-state index contributed by atoms with van der Waals surface area (Å²) in [7, 11) is 8.54. The van der Waals surface area contributed by atoms with Gasteiger partial charge in [0.05, 0.1) is 12.6 Å². The molecule has 486 valence electrons. The lowest BCUT2D eigenvalue weighted by Gasteiger charge is -2.40. The lowest BCUT2D eigenvalue weighted by atomic mass is 9.92. The molecule has 0 aliphatic carbocycles. The van der Waals surface area contributed by atoms with Crippen molar-refractivity contribution in [2.24, 2.45) is 47.3 Å². The summed E-state index contributed by atoms with van der Waals surface area (Å²) < 4.78 is 0. The highest BCUT2D eigenvalue weighted by Crippen LogP contribution is 2.24. The van der Waals surface area contributed by atoms with Crippen molar-refractivity contribution >= 4 is 65.0 Å². The number of nitrogens with one attached hydrogen (secondary N) is 5. The standard InChI is InChI=1S/C62H111N11O12/c1-25-26-27-40(16)52(75)50-56(79)66-48(37(10)11)61(84)68(19)32-47(74)69(20)43(28-33(2)3)55(78)65-49(38(12)13)62(85)70(21)44(29-34(4)5)54(77)63-41(17)53(76)64-42(18)58(81)71(22)45(30-35(6)7)59(82)72(23)46(31-36(8)9)60(83)73(24)51(39(14)15)57(80)67-50/h25-26,33-46,48-52,75H,27-32H2,1-24H3,(H,63,77)(H,64,76)(H,65,78)(H,66,79)(H,67,80)/b26-25+/t40-,41+,42-,43-,44-,45+,46+,48+,49-,50?,51+,52-/m1/s1. The first-order valence-corrected chi connectivity index (χ1v) is 30.5. The van der Waals surface area contributed by atoms with Crippen LogP contribution in [0.4, 0.5) is 0 Å². The smallest absolute Gasteiger partial charge is 0.245 e. The number of aliphatic hydroxyl groups is 1. The topological polar surface area (TPSA) is 288 Å². The zero-order valence-electron chi connectivity index (χ0n) is 56.0. The first kappa shape index (κ1) is 76.9. The molecule has 0 saturated carbocycles. The van der Waals surface area contributed by atoms with E-state index in [2.05, 4.69) is 26.6 Å². The van der Waals surface area contributed by atoms with Crippen LogP contribution in [0.5, 0.6) is 0 Å². The van der Waals surface area contributed by atoms with Gasteiger partial charge in [0.25, 0.3) is 0 Å². The lowest BCUT2D eigenvalue weighted by Crippen LogP contribution is -2.63. The molecule has 1 unspecified atom stereocenters. The minimum atomic E-state index is -1.67. The molecule has 1 fully saturated rings. The molecular formula is C62H111N11O12. The van der Waals surface area contributed by atoms with Crippen LogP contribution >= 0.6 is 0 Å². The van der Waals surface area contributed by atoms with Crippen molar-refractivity contribution in [3.8, 4) is 0 Å². The SMILES string of the molecule is C/C=C/C[C@@H](C)[C@@H](O)C1NC(=O)[C@H](C(C)C)N(C)C(=O)[C@H](CC(C)C)N(C)C(=O)[C@H](CC(C)C)N(C)C(=O)[C@@H](C)NC(=O)[C@H](C)NC(=O)[C@@H](CC(C)C)N(C)C(=O)[C@@H](C(C)C)NC(=O)[C@@H](CC(C)C)N(C)C(=O)CN(C)C(=O)[C@H](C(C)C)NC1=O. The molecule has 85 heavy (non-hydrogen) atoms. The van der Waals surface area contributed by atoms with Crippen LogP contribution in [0.3, 0.4) is 0 Å². The monoisotopic (exact) mass is 1200 g/mol. The maximum Gasteiger partial charge on any atom is 0.245 e. The van der Waals surface area contributed by atoms with Gasteiger partial charge in [0, 0.05) is 42.3 Å². The molecule has 0 radical (unpaired) electrons. The summed E-state index contributed by atoms with van der Waals surface area (Å²) in [5.74, 6) is -10.5. The molecule has 0 spiro atoms. The number of hydrogen-bond acceptors (Lipinski definition) is 12. The molecule has 0 aromatic rings. The van der Waals surface area contributed by atoms with E-state index in [4.69, 9.17) is 0 Å². The van der Waals surface area contributed by atoms with Crippen molar-refractivity contribution < 1.29 is 57.8 Å². The van der Waals surface area contributed by atoms with Gasteiger partial charge in [-0.2, -0.15) is 0 Å². The van der Waals surface area contributed by atoms with E-state index in [0.717, 1.165) is 4.90 Å². The average molecular weight is 1200 g/mol. The molecule has 12 atom stereocenters. The number of amides is 11. The molecule has 1 rings (SSSR count). The molecule has 0 aromatic heterocycles. The fourth-order valence-electron chi connectivity index (χ4n) is 10.5. The van der Waals surface area contributed by atoms with Gasteiger partial charge in [-0.25, -0.2) is 0 Å². The van der Waals surface area contributed by atoms with Gasteiger partial charge in [0.2, 0.25) is 65.0 Å². The van der Waals surface area contributed by atoms with Crippen LogP contribution < -0.4 is 26.6 Å². The summed E-state index contributed by atoms with van der Waals surface area (Å²) in [6.45, 7) is 30.9. The highest BCUT2D eigenvalue weighted by Gasteiger charge is 2.44. The minimum absolute atomic E-state index is 0.130. The second-order valence-electron chi connectivity index (χ2n) is 26.4. The van der Waals surface area contributed by atoms with Gasteiger partial charge in [0.1, 0.15) is 60.4 Å². The quantitative estimate of drug-likeness (QED) is 0.129. The maximum absolute atomic E-state index is 15.0. The van der Waals surface area contributed by atoms with Gasteiger partial charge in [-0.05, 0) is 100 Å². The summed E-state index contributed by atoms with van der Waals surface area (Å²) in [6.07, 6.45) is 2.96. The van der Waals surface area contributed by atoms with E-state index in [1.54, 1.807) is 67.5 Å². The van der Waals surface area contributed by atoms with E-state index >= 15 is 4.79 Å². The second-order valence-corrected chi connectivity index (χ2v) is 26.4. The van der Waals surface area contributed by atoms with E-state index in [0.29, 0.717) is 6.42 Å². The minimum Gasteiger partial charge on any atom is -0.390 e. The van der Waals surface area contributed by atoms with Crippen molar-refractivity contribution in [3.63, 3.8) is 0 Å². The molecule has 1 saturated heterocycles. The van der Waals surface area contributed by atoms with Crippen LogP contribution in [0, 0.1) is 47.3 Å². The Kier molecular flexibility index (Phi) is 31.5. The average Bonchev–Trinajstić information content (AvgIpc) is 3.49. The first-order chi connectivity index (χ1) is 39.2. The molecule has 0 bridgehead atoms. The fourth-order valence-corrected chi connectivity index (χ4v) is 10.5. The zero-order chi connectivity index (χ0) is 66.0. The molecule has 23 heteroatoms. The molecule has 1 aliphatic heterocycles. The normalized spacial score (nSPS) is 26.8. The third kappa shape index (κ3) is 22.3. The zero-order valence-corrected chi connectivity index (χ0v) is 56.0. The third-order valence-corrected chi connectivity index (χ3v) is 15.9. The third-order valence-electron chi connectivity index (χ3n) is 15.9. The van der Waals surface area contributed by atoms with Gasteiger partial charge in [-0.1, -0.05) is 116 Å².